The van der Waals surface area contributed by atoms with Crippen molar-refractivity contribution in [2.24, 2.45) is 5.92 Å². The maximum absolute atomic E-state index is 12.8. The molecular formula is C21H30N4O3. The van der Waals surface area contributed by atoms with E-state index in [4.69, 9.17) is 0 Å². The van der Waals surface area contributed by atoms with Crippen molar-refractivity contribution in [3.63, 3.8) is 0 Å². The lowest BCUT2D eigenvalue weighted by Gasteiger charge is -2.27. The predicted octanol–water partition coefficient (Wildman–Crippen LogP) is 1.38. The summed E-state index contributed by atoms with van der Waals surface area (Å²) in [7, 11) is 0. The number of nitrogens with zero attached hydrogens (tertiary/aromatic N) is 3. The molecule has 1 aromatic rings. The molecule has 3 amide bonds. The standard InChI is InChI=1S/C21H30N4O3/c1-16(26)25-14-18(21(28)24-12-2-3-13-24)5-6-19(15-25)23-20(27)7-4-17-8-10-22-11-9-17/h8-11,18-19H,2-7,12-15H2,1H3,(H,23,27)/t18-,19+/m1/s1. The molecule has 28 heavy (non-hydrogen) atoms. The van der Waals surface area contributed by atoms with Gasteiger partial charge in [-0.3, -0.25) is 19.4 Å². The average molecular weight is 386 g/mol. The number of hydrogen-bond donors (Lipinski definition) is 1. The molecule has 7 nitrogen and oxygen atoms in total. The van der Waals surface area contributed by atoms with E-state index in [1.165, 1.54) is 6.92 Å². The Labute approximate surface area is 166 Å². The second-order valence-corrected chi connectivity index (χ2v) is 7.85. The van der Waals surface area contributed by atoms with Crippen molar-refractivity contribution in [2.45, 2.75) is 51.5 Å². The van der Waals surface area contributed by atoms with Crippen molar-refractivity contribution in [3.05, 3.63) is 30.1 Å². The topological polar surface area (TPSA) is 82.6 Å². The molecule has 2 atom stereocenters. The Kier molecular flexibility index (Phi) is 7.01. The van der Waals surface area contributed by atoms with E-state index in [1.807, 2.05) is 17.0 Å². The number of aryl methyl sites for hydroxylation is 1. The van der Waals surface area contributed by atoms with Gasteiger partial charge in [0.15, 0.2) is 0 Å². The number of aromatic nitrogens is 1. The van der Waals surface area contributed by atoms with Crippen molar-refractivity contribution in [2.75, 3.05) is 26.2 Å². The lowest BCUT2D eigenvalue weighted by atomic mass is 10.00. The van der Waals surface area contributed by atoms with E-state index in [0.29, 0.717) is 32.4 Å². The smallest absolute Gasteiger partial charge is 0.227 e. The summed E-state index contributed by atoms with van der Waals surface area (Å²) in [5.41, 5.74) is 1.08. The summed E-state index contributed by atoms with van der Waals surface area (Å²) < 4.78 is 0. The molecule has 0 unspecified atom stereocenters. The molecule has 152 valence electrons. The summed E-state index contributed by atoms with van der Waals surface area (Å²) in [6.07, 6.45) is 8.05. The zero-order chi connectivity index (χ0) is 19.9. The SMILES string of the molecule is CC(=O)N1C[C@@H](NC(=O)CCc2ccncc2)CC[C@@H](C(=O)N2CCCC2)C1. The Hall–Kier alpha value is -2.44. The zero-order valence-electron chi connectivity index (χ0n) is 16.6. The minimum atomic E-state index is -0.166. The highest BCUT2D eigenvalue weighted by molar-refractivity contribution is 5.81. The van der Waals surface area contributed by atoms with E-state index < -0.39 is 0 Å². The van der Waals surface area contributed by atoms with Crippen LogP contribution in [-0.4, -0.2) is 64.7 Å². The van der Waals surface area contributed by atoms with Crippen LogP contribution in [0, 0.1) is 5.92 Å². The van der Waals surface area contributed by atoms with Gasteiger partial charge >= 0.3 is 0 Å². The fourth-order valence-electron chi connectivity index (χ4n) is 4.07. The van der Waals surface area contributed by atoms with E-state index in [-0.39, 0.29) is 29.7 Å². The van der Waals surface area contributed by atoms with Crippen LogP contribution in [0.25, 0.3) is 0 Å². The molecule has 7 heteroatoms. The quantitative estimate of drug-likeness (QED) is 0.829. The van der Waals surface area contributed by atoms with E-state index in [9.17, 15) is 14.4 Å². The lowest BCUT2D eigenvalue weighted by molar-refractivity contribution is -0.137. The van der Waals surface area contributed by atoms with Crippen LogP contribution in [-0.2, 0) is 20.8 Å². The summed E-state index contributed by atoms with van der Waals surface area (Å²) in [5, 5.41) is 3.07. The number of carbonyl (C=O) groups excluding carboxylic acids is 3. The van der Waals surface area contributed by atoms with Gasteiger partial charge in [-0.05, 0) is 49.8 Å². The Balaban J connectivity index is 1.55. The highest BCUT2D eigenvalue weighted by atomic mass is 16.2. The minimum absolute atomic E-state index is 0.0189. The van der Waals surface area contributed by atoms with Gasteiger partial charge in [0.05, 0.1) is 5.92 Å². The van der Waals surface area contributed by atoms with E-state index in [2.05, 4.69) is 10.3 Å². The highest BCUT2D eigenvalue weighted by Crippen LogP contribution is 2.22. The number of amides is 3. The summed E-state index contributed by atoms with van der Waals surface area (Å²) in [4.78, 5) is 44.9. The zero-order valence-corrected chi connectivity index (χ0v) is 16.6. The predicted molar refractivity (Wildman–Crippen MR) is 105 cm³/mol. The van der Waals surface area contributed by atoms with Gasteiger partial charge in [0.1, 0.15) is 0 Å². The van der Waals surface area contributed by atoms with Crippen LogP contribution >= 0.6 is 0 Å². The first-order chi connectivity index (χ1) is 13.5. The molecule has 0 radical (unpaired) electrons. The molecule has 0 saturated carbocycles. The summed E-state index contributed by atoms with van der Waals surface area (Å²) in [6.45, 7) is 4.11. The second-order valence-electron chi connectivity index (χ2n) is 7.85. The largest absolute Gasteiger partial charge is 0.352 e. The van der Waals surface area contributed by atoms with E-state index in [1.54, 1.807) is 17.3 Å². The van der Waals surface area contributed by atoms with Crippen molar-refractivity contribution < 1.29 is 14.4 Å². The summed E-state index contributed by atoms with van der Waals surface area (Å²) >= 11 is 0. The van der Waals surface area contributed by atoms with Gasteiger partial charge in [0.2, 0.25) is 17.7 Å². The fraction of sp³-hybridized carbons (Fsp3) is 0.619. The highest BCUT2D eigenvalue weighted by Gasteiger charge is 2.33. The third-order valence-electron chi connectivity index (χ3n) is 5.71. The second kappa shape index (κ2) is 9.66. The van der Waals surface area contributed by atoms with Crippen LogP contribution in [0.2, 0.25) is 0 Å². The molecular weight excluding hydrogens is 356 g/mol. The lowest BCUT2D eigenvalue weighted by Crippen LogP contribution is -2.45. The fourth-order valence-corrected chi connectivity index (χ4v) is 4.07. The first-order valence-electron chi connectivity index (χ1n) is 10.3. The molecule has 0 aliphatic carbocycles. The number of rotatable bonds is 5. The van der Waals surface area contributed by atoms with Gasteiger partial charge in [-0.1, -0.05) is 0 Å². The number of pyridine rings is 1. The Morgan fingerprint density at radius 1 is 1.07 bits per heavy atom. The van der Waals surface area contributed by atoms with Gasteiger partial charge < -0.3 is 15.1 Å². The molecule has 1 N–H and O–H groups in total. The van der Waals surface area contributed by atoms with Crippen LogP contribution in [0.1, 0.15) is 44.6 Å². The molecule has 0 spiro atoms. The number of likely N-dealkylation sites (tertiary alicyclic amines) is 2. The maximum atomic E-state index is 12.8. The van der Waals surface area contributed by atoms with Crippen molar-refractivity contribution >= 4 is 17.7 Å². The van der Waals surface area contributed by atoms with E-state index in [0.717, 1.165) is 37.9 Å². The third-order valence-corrected chi connectivity index (χ3v) is 5.71. The molecule has 1 aromatic heterocycles. The number of hydrogen-bond acceptors (Lipinski definition) is 4. The van der Waals surface area contributed by atoms with Gasteiger partial charge in [-0.25, -0.2) is 0 Å². The normalized spacial score (nSPS) is 22.6. The molecule has 2 fully saturated rings. The Bertz CT molecular complexity index is 688. The van der Waals surface area contributed by atoms with E-state index >= 15 is 0 Å². The van der Waals surface area contributed by atoms with Gasteiger partial charge in [-0.15, -0.1) is 0 Å². The number of nitrogens with one attached hydrogen (secondary N) is 1. The van der Waals surface area contributed by atoms with Gasteiger partial charge in [-0.2, -0.15) is 0 Å². The molecule has 0 bridgehead atoms. The van der Waals surface area contributed by atoms with Crippen molar-refractivity contribution in [1.82, 2.24) is 20.1 Å². The van der Waals surface area contributed by atoms with Crippen molar-refractivity contribution in [3.8, 4) is 0 Å². The number of carbonyl (C=O) groups is 3. The van der Waals surface area contributed by atoms with Gasteiger partial charge in [0, 0.05) is 58.0 Å². The van der Waals surface area contributed by atoms with Crippen LogP contribution < -0.4 is 5.32 Å². The molecule has 2 saturated heterocycles. The Morgan fingerprint density at radius 2 is 1.79 bits per heavy atom. The Morgan fingerprint density at radius 3 is 2.46 bits per heavy atom. The van der Waals surface area contributed by atoms with Crippen molar-refractivity contribution in [1.29, 1.82) is 0 Å². The average Bonchev–Trinajstić information content (AvgIpc) is 3.15. The van der Waals surface area contributed by atoms with Gasteiger partial charge in [0.25, 0.3) is 0 Å². The molecule has 2 aliphatic heterocycles. The third kappa shape index (κ3) is 5.53. The van der Waals surface area contributed by atoms with Crippen LogP contribution in [0.4, 0.5) is 0 Å². The minimum Gasteiger partial charge on any atom is -0.352 e. The van der Waals surface area contributed by atoms with Crippen LogP contribution in [0.3, 0.4) is 0 Å². The monoisotopic (exact) mass is 386 g/mol. The molecule has 3 heterocycles. The summed E-state index contributed by atoms with van der Waals surface area (Å²) in [5.74, 6) is -0.0686. The van der Waals surface area contributed by atoms with Crippen LogP contribution in [0.15, 0.2) is 24.5 Å². The van der Waals surface area contributed by atoms with Crippen LogP contribution in [0.5, 0.6) is 0 Å². The summed E-state index contributed by atoms with van der Waals surface area (Å²) in [6, 6.07) is 3.71. The molecule has 3 rings (SSSR count). The maximum Gasteiger partial charge on any atom is 0.227 e. The molecule has 2 aliphatic rings. The first kappa shape index (κ1) is 20.3. The molecule has 0 aromatic carbocycles. The first-order valence-corrected chi connectivity index (χ1v) is 10.3.